The first-order chi connectivity index (χ1) is 10.2. The molecule has 2 N–H and O–H groups in total. The second kappa shape index (κ2) is 5.37. The Morgan fingerprint density at radius 2 is 1.81 bits per heavy atom. The minimum absolute atomic E-state index is 0.433. The van der Waals surface area contributed by atoms with E-state index < -0.39 is 5.91 Å². The maximum Gasteiger partial charge on any atom is 0.250 e. The molecule has 1 heterocycles. The molecule has 3 aromatic rings. The van der Waals surface area contributed by atoms with Gasteiger partial charge in [0.05, 0.1) is 11.1 Å². The molecule has 0 atom stereocenters. The second-order valence-electron chi connectivity index (χ2n) is 5.14. The molecule has 3 nitrogen and oxygen atoms in total. The van der Waals surface area contributed by atoms with Crippen LogP contribution in [0.1, 0.15) is 27.0 Å². The first kappa shape index (κ1) is 13.3. The van der Waals surface area contributed by atoms with Crippen molar-refractivity contribution in [1.82, 2.24) is 4.98 Å². The minimum atomic E-state index is -0.433. The fourth-order valence-corrected chi connectivity index (χ4v) is 2.60. The van der Waals surface area contributed by atoms with E-state index in [1.165, 1.54) is 11.1 Å². The van der Waals surface area contributed by atoms with Crippen molar-refractivity contribution in [2.24, 2.45) is 5.73 Å². The lowest BCUT2D eigenvalue weighted by atomic mass is 9.94. The predicted octanol–water partition coefficient (Wildman–Crippen LogP) is 3.23. The molecule has 21 heavy (non-hydrogen) atoms. The Labute approximate surface area is 123 Å². The first-order valence-electron chi connectivity index (χ1n) is 6.88. The Hall–Kier alpha value is -2.68. The zero-order chi connectivity index (χ0) is 14.8. The number of hydrogen-bond acceptors (Lipinski definition) is 2. The number of aryl methyl sites for hydroxylation is 1. The summed E-state index contributed by atoms with van der Waals surface area (Å²) in [7, 11) is 0. The van der Waals surface area contributed by atoms with Crippen molar-refractivity contribution in [2.45, 2.75) is 13.3 Å². The lowest BCUT2D eigenvalue weighted by Crippen LogP contribution is -2.15. The SMILES string of the molecule is Cc1ccccc1Cc1c(C(N)=O)cnc2ccccc12. The Kier molecular flexibility index (Phi) is 3.40. The summed E-state index contributed by atoms with van der Waals surface area (Å²) in [5, 5.41) is 0.983. The summed E-state index contributed by atoms with van der Waals surface area (Å²) in [6, 6.07) is 16.0. The number of amides is 1. The largest absolute Gasteiger partial charge is 0.366 e. The highest BCUT2D eigenvalue weighted by Crippen LogP contribution is 2.24. The van der Waals surface area contributed by atoms with Crippen LogP contribution < -0.4 is 5.73 Å². The second-order valence-corrected chi connectivity index (χ2v) is 5.14. The molecule has 0 aliphatic carbocycles. The van der Waals surface area contributed by atoms with E-state index in [-0.39, 0.29) is 0 Å². The van der Waals surface area contributed by atoms with Gasteiger partial charge in [0.15, 0.2) is 0 Å². The van der Waals surface area contributed by atoms with Gasteiger partial charge in [-0.05, 0) is 36.1 Å². The zero-order valence-corrected chi connectivity index (χ0v) is 11.8. The van der Waals surface area contributed by atoms with E-state index in [2.05, 4.69) is 24.0 Å². The summed E-state index contributed by atoms with van der Waals surface area (Å²) in [6.07, 6.45) is 2.26. The van der Waals surface area contributed by atoms with Crippen LogP contribution in [-0.4, -0.2) is 10.9 Å². The van der Waals surface area contributed by atoms with Crippen molar-refractivity contribution in [2.75, 3.05) is 0 Å². The average molecular weight is 276 g/mol. The third-order valence-corrected chi connectivity index (χ3v) is 3.78. The summed E-state index contributed by atoms with van der Waals surface area (Å²) >= 11 is 0. The number of fused-ring (bicyclic) bond motifs is 1. The third-order valence-electron chi connectivity index (χ3n) is 3.78. The minimum Gasteiger partial charge on any atom is -0.366 e. The van der Waals surface area contributed by atoms with Crippen molar-refractivity contribution < 1.29 is 4.79 Å². The number of para-hydroxylation sites is 1. The number of aromatic nitrogens is 1. The van der Waals surface area contributed by atoms with Gasteiger partial charge in [-0.2, -0.15) is 0 Å². The van der Waals surface area contributed by atoms with Crippen LogP contribution in [0.25, 0.3) is 10.9 Å². The number of pyridine rings is 1. The Morgan fingerprint density at radius 3 is 2.57 bits per heavy atom. The molecule has 0 fully saturated rings. The maximum absolute atomic E-state index is 11.7. The van der Waals surface area contributed by atoms with Gasteiger partial charge in [0.2, 0.25) is 0 Å². The molecular formula is C18H16N2O. The van der Waals surface area contributed by atoms with E-state index in [1.54, 1.807) is 6.20 Å². The van der Waals surface area contributed by atoms with Gasteiger partial charge in [-0.15, -0.1) is 0 Å². The van der Waals surface area contributed by atoms with Crippen LogP contribution in [0.2, 0.25) is 0 Å². The van der Waals surface area contributed by atoms with Crippen LogP contribution >= 0.6 is 0 Å². The molecule has 2 aromatic carbocycles. The molecule has 0 bridgehead atoms. The first-order valence-corrected chi connectivity index (χ1v) is 6.88. The molecular weight excluding hydrogens is 260 g/mol. The van der Waals surface area contributed by atoms with Gasteiger partial charge < -0.3 is 5.73 Å². The number of hydrogen-bond donors (Lipinski definition) is 1. The van der Waals surface area contributed by atoms with Crippen LogP contribution in [0.4, 0.5) is 0 Å². The van der Waals surface area contributed by atoms with Crippen LogP contribution in [0.5, 0.6) is 0 Å². The smallest absolute Gasteiger partial charge is 0.250 e. The van der Waals surface area contributed by atoms with Crippen molar-refractivity contribution in [3.63, 3.8) is 0 Å². The van der Waals surface area contributed by atoms with E-state index in [4.69, 9.17) is 5.73 Å². The van der Waals surface area contributed by atoms with Gasteiger partial charge >= 0.3 is 0 Å². The van der Waals surface area contributed by atoms with Gasteiger partial charge in [-0.25, -0.2) is 0 Å². The molecule has 0 radical (unpaired) electrons. The summed E-state index contributed by atoms with van der Waals surface area (Å²) in [5.74, 6) is -0.433. The monoisotopic (exact) mass is 276 g/mol. The van der Waals surface area contributed by atoms with E-state index in [0.717, 1.165) is 16.5 Å². The van der Waals surface area contributed by atoms with Gasteiger partial charge in [0.1, 0.15) is 0 Å². The number of nitrogens with two attached hydrogens (primary N) is 1. The number of primary amides is 1. The molecule has 104 valence electrons. The summed E-state index contributed by atoms with van der Waals surface area (Å²) < 4.78 is 0. The van der Waals surface area contributed by atoms with Crippen LogP contribution in [0.3, 0.4) is 0 Å². The van der Waals surface area contributed by atoms with Gasteiger partial charge in [0, 0.05) is 11.6 Å². The van der Waals surface area contributed by atoms with Gasteiger partial charge in [-0.1, -0.05) is 42.5 Å². The molecule has 0 saturated heterocycles. The average Bonchev–Trinajstić information content (AvgIpc) is 2.49. The van der Waals surface area contributed by atoms with E-state index >= 15 is 0 Å². The molecule has 1 aromatic heterocycles. The van der Waals surface area contributed by atoms with E-state index in [0.29, 0.717) is 12.0 Å². The zero-order valence-electron chi connectivity index (χ0n) is 11.8. The Balaban J connectivity index is 2.21. The normalized spacial score (nSPS) is 10.7. The van der Waals surface area contributed by atoms with E-state index in [1.807, 2.05) is 36.4 Å². The van der Waals surface area contributed by atoms with Gasteiger partial charge in [-0.3, -0.25) is 9.78 Å². The molecule has 1 amide bonds. The van der Waals surface area contributed by atoms with Crippen molar-refractivity contribution in [3.05, 3.63) is 77.0 Å². The molecule has 0 spiro atoms. The van der Waals surface area contributed by atoms with Crippen LogP contribution in [0, 0.1) is 6.92 Å². The van der Waals surface area contributed by atoms with E-state index in [9.17, 15) is 4.79 Å². The summed E-state index contributed by atoms with van der Waals surface area (Å²) in [6.45, 7) is 2.07. The fourth-order valence-electron chi connectivity index (χ4n) is 2.60. The maximum atomic E-state index is 11.7. The number of carbonyl (C=O) groups is 1. The van der Waals surface area contributed by atoms with Crippen molar-refractivity contribution in [3.8, 4) is 0 Å². The lowest BCUT2D eigenvalue weighted by Gasteiger charge is -2.12. The summed E-state index contributed by atoms with van der Waals surface area (Å²) in [4.78, 5) is 16.0. The standard InChI is InChI=1S/C18H16N2O/c1-12-6-2-3-7-13(12)10-15-14-8-4-5-9-17(14)20-11-16(15)18(19)21/h2-9,11H,10H2,1H3,(H2,19,21). The highest BCUT2D eigenvalue weighted by molar-refractivity contribution is 5.99. The highest BCUT2D eigenvalue weighted by Gasteiger charge is 2.14. The van der Waals surface area contributed by atoms with Gasteiger partial charge in [0.25, 0.3) is 5.91 Å². The molecule has 0 aliphatic rings. The molecule has 0 saturated carbocycles. The number of benzene rings is 2. The van der Waals surface area contributed by atoms with Crippen molar-refractivity contribution >= 4 is 16.8 Å². The quantitative estimate of drug-likeness (QED) is 0.798. The molecule has 0 aliphatic heterocycles. The highest BCUT2D eigenvalue weighted by atomic mass is 16.1. The number of nitrogens with zero attached hydrogens (tertiary/aromatic N) is 1. The predicted molar refractivity (Wildman–Crippen MR) is 84.2 cm³/mol. The summed E-state index contributed by atoms with van der Waals surface area (Å²) in [5.41, 5.74) is 10.2. The Morgan fingerprint density at radius 1 is 1.10 bits per heavy atom. The Bertz CT molecular complexity index is 824. The molecule has 3 rings (SSSR count). The fraction of sp³-hybridized carbons (Fsp3) is 0.111. The number of carbonyl (C=O) groups excluding carboxylic acids is 1. The molecule has 3 heteroatoms. The van der Waals surface area contributed by atoms with Crippen LogP contribution in [-0.2, 0) is 6.42 Å². The molecule has 0 unspecified atom stereocenters. The van der Waals surface area contributed by atoms with Crippen molar-refractivity contribution in [1.29, 1.82) is 0 Å². The van der Waals surface area contributed by atoms with Crippen LogP contribution in [0.15, 0.2) is 54.7 Å². The third kappa shape index (κ3) is 2.50. The lowest BCUT2D eigenvalue weighted by molar-refractivity contribution is 0.0999. The number of rotatable bonds is 3. The topological polar surface area (TPSA) is 56.0 Å².